The van der Waals surface area contributed by atoms with Gasteiger partial charge >= 0.3 is 0 Å². The van der Waals surface area contributed by atoms with Gasteiger partial charge in [0, 0.05) is 38.8 Å². The molecule has 2 N–H and O–H groups in total. The van der Waals surface area contributed by atoms with E-state index >= 15 is 0 Å². The van der Waals surface area contributed by atoms with Crippen LogP contribution in [0.3, 0.4) is 0 Å². The van der Waals surface area contributed by atoms with Crippen LogP contribution in [-0.4, -0.2) is 57.8 Å². The highest BCUT2D eigenvalue weighted by Gasteiger charge is 2.19. The Kier molecular flexibility index (Phi) is 9.86. The van der Waals surface area contributed by atoms with Gasteiger partial charge in [-0.1, -0.05) is 11.6 Å². The van der Waals surface area contributed by atoms with Gasteiger partial charge in [-0.15, -0.1) is 0 Å². The standard InChI is InChI=1S/C26H35ClN2O5/c1-31-19-7-10-29(11-8-19)9-5-4-6-25(30)22-15-23(27)24(28)16-26(22)34-17-18-12-20(32-2)14-21(13-18)33-3/h12-16,19H,4-11,17,28H2,1-3H3. The lowest BCUT2D eigenvalue weighted by atomic mass is 10.0. The predicted molar refractivity (Wildman–Crippen MR) is 134 cm³/mol. The van der Waals surface area contributed by atoms with Gasteiger partial charge in [0.25, 0.3) is 0 Å². The number of hydrogen-bond acceptors (Lipinski definition) is 7. The van der Waals surface area contributed by atoms with Crippen molar-refractivity contribution in [2.24, 2.45) is 0 Å². The summed E-state index contributed by atoms with van der Waals surface area (Å²) in [6, 6.07) is 8.74. The number of likely N-dealkylation sites (tertiary alicyclic amines) is 1. The fraction of sp³-hybridized carbons (Fsp3) is 0.500. The van der Waals surface area contributed by atoms with E-state index in [1.807, 2.05) is 12.1 Å². The Morgan fingerprint density at radius 1 is 1.03 bits per heavy atom. The van der Waals surface area contributed by atoms with Gasteiger partial charge in [0.1, 0.15) is 23.9 Å². The van der Waals surface area contributed by atoms with Crippen LogP contribution >= 0.6 is 11.6 Å². The fourth-order valence-corrected chi connectivity index (χ4v) is 4.31. The van der Waals surface area contributed by atoms with Gasteiger partial charge in [0.05, 0.1) is 36.6 Å². The van der Waals surface area contributed by atoms with Gasteiger partial charge in [0.2, 0.25) is 0 Å². The van der Waals surface area contributed by atoms with E-state index in [-0.39, 0.29) is 12.4 Å². The van der Waals surface area contributed by atoms with E-state index in [9.17, 15) is 4.79 Å². The molecule has 7 nitrogen and oxygen atoms in total. The lowest BCUT2D eigenvalue weighted by Crippen LogP contribution is -2.37. The summed E-state index contributed by atoms with van der Waals surface area (Å²) in [4.78, 5) is 15.5. The molecule has 34 heavy (non-hydrogen) atoms. The first kappa shape index (κ1) is 26.1. The Morgan fingerprint density at radius 2 is 1.71 bits per heavy atom. The second-order valence-corrected chi connectivity index (χ2v) is 8.94. The van der Waals surface area contributed by atoms with E-state index in [1.165, 1.54) is 0 Å². The van der Waals surface area contributed by atoms with Crippen LogP contribution in [0.5, 0.6) is 17.2 Å². The first-order chi connectivity index (χ1) is 16.4. The Morgan fingerprint density at radius 3 is 2.32 bits per heavy atom. The number of ether oxygens (including phenoxy) is 4. The molecule has 0 amide bonds. The molecule has 0 spiro atoms. The first-order valence-corrected chi connectivity index (χ1v) is 12.0. The van der Waals surface area contributed by atoms with Gasteiger partial charge in [0.15, 0.2) is 5.78 Å². The highest BCUT2D eigenvalue weighted by molar-refractivity contribution is 6.33. The number of methoxy groups -OCH3 is 3. The van der Waals surface area contributed by atoms with E-state index in [4.69, 9.17) is 36.3 Å². The van der Waals surface area contributed by atoms with Crippen LogP contribution in [0.25, 0.3) is 0 Å². The van der Waals surface area contributed by atoms with Crippen LogP contribution in [-0.2, 0) is 11.3 Å². The van der Waals surface area contributed by atoms with Gasteiger partial charge in [-0.05, 0) is 56.0 Å². The molecule has 0 atom stereocenters. The molecular weight excluding hydrogens is 456 g/mol. The number of rotatable bonds is 12. The maximum absolute atomic E-state index is 13.0. The minimum absolute atomic E-state index is 0.00165. The topological polar surface area (TPSA) is 83.3 Å². The number of Topliss-reactive ketones (excluding diaryl/α,β-unsaturated/α-hetero) is 1. The number of carbonyl (C=O) groups is 1. The van der Waals surface area contributed by atoms with E-state index in [0.29, 0.717) is 46.0 Å². The second-order valence-electron chi connectivity index (χ2n) is 8.54. The third-order valence-electron chi connectivity index (χ3n) is 6.20. The summed E-state index contributed by atoms with van der Waals surface area (Å²) < 4.78 is 22.1. The number of anilines is 1. The van der Waals surface area contributed by atoms with Crippen molar-refractivity contribution in [3.8, 4) is 17.2 Å². The summed E-state index contributed by atoms with van der Waals surface area (Å²) in [5.74, 6) is 1.75. The van der Waals surface area contributed by atoms with Crippen LogP contribution in [0.2, 0.25) is 5.02 Å². The summed E-state index contributed by atoms with van der Waals surface area (Å²) in [5, 5.41) is 0.347. The van der Waals surface area contributed by atoms with Crippen molar-refractivity contribution in [1.82, 2.24) is 4.90 Å². The smallest absolute Gasteiger partial charge is 0.166 e. The molecule has 0 aliphatic carbocycles. The number of carbonyl (C=O) groups excluding carboxylic acids is 1. The zero-order chi connectivity index (χ0) is 24.5. The van der Waals surface area contributed by atoms with Crippen LogP contribution in [0.1, 0.15) is 48.0 Å². The molecule has 2 aromatic carbocycles. The van der Waals surface area contributed by atoms with Crippen LogP contribution < -0.4 is 19.9 Å². The summed E-state index contributed by atoms with van der Waals surface area (Å²) >= 11 is 6.23. The number of nitrogens with two attached hydrogens (primary N) is 1. The van der Waals surface area contributed by atoms with Gasteiger partial charge in [-0.2, -0.15) is 0 Å². The van der Waals surface area contributed by atoms with Crippen molar-refractivity contribution < 1.29 is 23.7 Å². The molecular formula is C26H35ClN2O5. The number of halogens is 1. The molecule has 1 aliphatic heterocycles. The SMILES string of the molecule is COc1cc(COc2cc(N)c(Cl)cc2C(=O)CCCCN2CCC(OC)CC2)cc(OC)c1. The van der Waals surface area contributed by atoms with Crippen molar-refractivity contribution >= 4 is 23.1 Å². The quantitative estimate of drug-likeness (QED) is 0.255. The maximum Gasteiger partial charge on any atom is 0.166 e. The summed E-state index contributed by atoms with van der Waals surface area (Å²) in [6.07, 6.45) is 4.71. The molecule has 1 fully saturated rings. The minimum Gasteiger partial charge on any atom is -0.497 e. The highest BCUT2D eigenvalue weighted by Crippen LogP contribution is 2.32. The van der Waals surface area contributed by atoms with Crippen molar-refractivity contribution in [1.29, 1.82) is 0 Å². The Balaban J connectivity index is 1.58. The van der Waals surface area contributed by atoms with Crippen molar-refractivity contribution in [3.05, 3.63) is 46.5 Å². The fourth-order valence-electron chi connectivity index (χ4n) is 4.14. The molecule has 1 saturated heterocycles. The van der Waals surface area contributed by atoms with Gasteiger partial charge in [-0.3, -0.25) is 4.79 Å². The molecule has 1 aliphatic rings. The number of nitrogens with zero attached hydrogens (tertiary/aromatic N) is 1. The number of piperidine rings is 1. The monoisotopic (exact) mass is 490 g/mol. The zero-order valence-corrected chi connectivity index (χ0v) is 21.0. The average Bonchev–Trinajstić information content (AvgIpc) is 2.86. The lowest BCUT2D eigenvalue weighted by molar-refractivity contribution is 0.0407. The molecule has 0 bridgehead atoms. The molecule has 0 radical (unpaired) electrons. The molecule has 186 valence electrons. The lowest BCUT2D eigenvalue weighted by Gasteiger charge is -2.31. The van der Waals surface area contributed by atoms with Gasteiger partial charge < -0.3 is 29.6 Å². The largest absolute Gasteiger partial charge is 0.497 e. The summed E-state index contributed by atoms with van der Waals surface area (Å²) in [7, 11) is 4.97. The molecule has 3 rings (SSSR count). The highest BCUT2D eigenvalue weighted by atomic mass is 35.5. The van der Waals surface area contributed by atoms with Gasteiger partial charge in [-0.25, -0.2) is 0 Å². The van der Waals surface area contributed by atoms with Crippen molar-refractivity contribution in [2.45, 2.75) is 44.8 Å². The zero-order valence-electron chi connectivity index (χ0n) is 20.3. The Labute approximate surface area is 207 Å². The molecule has 0 saturated carbocycles. The van der Waals surface area contributed by atoms with E-state index in [0.717, 1.165) is 50.9 Å². The Hall–Kier alpha value is -2.48. The normalized spacial score (nSPS) is 14.7. The van der Waals surface area contributed by atoms with E-state index in [2.05, 4.69) is 4.90 Å². The molecule has 2 aromatic rings. The van der Waals surface area contributed by atoms with Crippen molar-refractivity contribution in [2.75, 3.05) is 46.7 Å². The van der Waals surface area contributed by atoms with E-state index < -0.39 is 0 Å². The molecule has 1 heterocycles. The molecule has 0 unspecified atom stereocenters. The molecule has 8 heteroatoms. The van der Waals surface area contributed by atoms with Crippen LogP contribution in [0, 0.1) is 0 Å². The number of unbranched alkanes of at least 4 members (excludes halogenated alkanes) is 1. The third-order valence-corrected chi connectivity index (χ3v) is 6.53. The summed E-state index contributed by atoms with van der Waals surface area (Å²) in [5.41, 5.74) is 7.67. The number of ketones is 1. The summed E-state index contributed by atoms with van der Waals surface area (Å²) in [6.45, 7) is 3.32. The Bertz CT molecular complexity index is 938. The number of benzene rings is 2. The molecule has 0 aromatic heterocycles. The van der Waals surface area contributed by atoms with Crippen molar-refractivity contribution in [3.63, 3.8) is 0 Å². The van der Waals surface area contributed by atoms with Crippen LogP contribution in [0.4, 0.5) is 5.69 Å². The van der Waals surface area contributed by atoms with Crippen LogP contribution in [0.15, 0.2) is 30.3 Å². The number of nitrogen functional groups attached to an aromatic ring is 1. The third kappa shape index (κ3) is 7.26. The minimum atomic E-state index is -0.00165. The van der Waals surface area contributed by atoms with E-state index in [1.54, 1.807) is 39.5 Å². The average molecular weight is 491 g/mol. The second kappa shape index (κ2) is 12.8. The first-order valence-electron chi connectivity index (χ1n) is 11.7. The maximum atomic E-state index is 13.0. The number of hydrogen-bond donors (Lipinski definition) is 1. The predicted octanol–water partition coefficient (Wildman–Crippen LogP) is 4.98.